The molecule has 1 aromatic carbocycles. The molecule has 4 heterocycles. The van der Waals surface area contributed by atoms with Crippen molar-refractivity contribution in [2.24, 2.45) is 11.8 Å². The number of benzene rings is 1. The van der Waals surface area contributed by atoms with Gasteiger partial charge in [-0.3, -0.25) is 9.11 Å². The summed E-state index contributed by atoms with van der Waals surface area (Å²) in [5.41, 5.74) is 4.51. The van der Waals surface area contributed by atoms with Crippen molar-refractivity contribution < 1.29 is 34.6 Å². The van der Waals surface area contributed by atoms with E-state index in [1.807, 2.05) is 0 Å². The van der Waals surface area contributed by atoms with Crippen molar-refractivity contribution in [1.82, 2.24) is 0 Å². The molecule has 6 rings (SSSR count). The van der Waals surface area contributed by atoms with Gasteiger partial charge in [-0.1, -0.05) is 74.6 Å². The molecule has 0 aromatic heterocycles. The molecule has 0 spiro atoms. The summed E-state index contributed by atoms with van der Waals surface area (Å²) in [6, 6.07) is 5.47. The van der Waals surface area contributed by atoms with Gasteiger partial charge in [0, 0.05) is 0 Å². The van der Waals surface area contributed by atoms with Crippen LogP contribution in [0.1, 0.15) is 49.7 Å². The Kier molecular flexibility index (Phi) is 10.0. The van der Waals surface area contributed by atoms with E-state index in [-0.39, 0.29) is 17.1 Å². The predicted octanol–water partition coefficient (Wildman–Crippen LogP) is 6.18. The second-order valence-corrected chi connectivity index (χ2v) is 9.95. The van der Waals surface area contributed by atoms with Gasteiger partial charge < -0.3 is 21.3 Å². The van der Waals surface area contributed by atoms with Crippen LogP contribution >= 0.6 is 0 Å². The first kappa shape index (κ1) is 27.2. The molecule has 0 amide bonds. The number of rotatable bonds is 0. The zero-order valence-corrected chi connectivity index (χ0v) is 20.8. The van der Waals surface area contributed by atoms with E-state index in [9.17, 15) is 0 Å². The van der Waals surface area contributed by atoms with E-state index in [0.29, 0.717) is 12.1 Å². The van der Waals surface area contributed by atoms with Crippen molar-refractivity contribution in [3.05, 3.63) is 56.7 Å². The van der Waals surface area contributed by atoms with Gasteiger partial charge in [0.2, 0.25) is 0 Å². The maximum absolute atomic E-state index is 8.74. The topological polar surface area (TPSA) is 131 Å². The zero-order valence-electron chi connectivity index (χ0n) is 19.1. The molecule has 1 radical (unpaired) electrons. The summed E-state index contributed by atoms with van der Waals surface area (Å²) in [5, 5.41) is 18.7. The summed E-state index contributed by atoms with van der Waals surface area (Å²) < 4.78 is 31.6. The van der Waals surface area contributed by atoms with Crippen LogP contribution in [0.5, 0.6) is 0 Å². The van der Waals surface area contributed by atoms with Crippen LogP contribution in [0, 0.1) is 11.8 Å². The largest absolute Gasteiger partial charge is 2.00 e. The quantitative estimate of drug-likeness (QED) is 0.303. The minimum Gasteiger partial charge on any atom is -0.682 e. The van der Waals surface area contributed by atoms with Gasteiger partial charge in [-0.2, -0.15) is 8.42 Å². The molecular formula is C24H32CuN4O4S-2. The fourth-order valence-electron chi connectivity index (χ4n) is 5.52. The Morgan fingerprint density at radius 1 is 0.735 bits per heavy atom. The first-order valence-corrected chi connectivity index (χ1v) is 13.2. The van der Waals surface area contributed by atoms with E-state index >= 15 is 0 Å². The predicted molar refractivity (Wildman–Crippen MR) is 133 cm³/mol. The van der Waals surface area contributed by atoms with Crippen molar-refractivity contribution in [2.75, 3.05) is 26.2 Å². The van der Waals surface area contributed by atoms with E-state index in [0.717, 1.165) is 49.4 Å². The molecule has 4 atom stereocenters. The first-order chi connectivity index (χ1) is 15.9. The van der Waals surface area contributed by atoms with Gasteiger partial charge in [-0.15, -0.1) is 61.8 Å². The minimum atomic E-state index is -4.67. The van der Waals surface area contributed by atoms with Gasteiger partial charge in [0.1, 0.15) is 0 Å². The van der Waals surface area contributed by atoms with Gasteiger partial charge in [0.25, 0.3) is 0 Å². The summed E-state index contributed by atoms with van der Waals surface area (Å²) >= 11 is 0. The fraction of sp³-hybridized carbons (Fsp3) is 0.583. The third kappa shape index (κ3) is 7.31. The van der Waals surface area contributed by atoms with Crippen LogP contribution in [-0.4, -0.2) is 55.8 Å². The van der Waals surface area contributed by atoms with Crippen molar-refractivity contribution >= 4 is 33.9 Å². The number of nitrogens with zero attached hydrogens (tertiary/aromatic N) is 4. The van der Waals surface area contributed by atoms with E-state index in [2.05, 4.69) is 47.1 Å². The normalized spacial score (nSPS) is 28.3. The second kappa shape index (κ2) is 12.5. The fourth-order valence-corrected chi connectivity index (χ4v) is 5.52. The third-order valence-corrected chi connectivity index (χ3v) is 6.89. The van der Waals surface area contributed by atoms with Crippen LogP contribution in [-0.2, 0) is 27.5 Å². The molecule has 4 aliphatic heterocycles. The first-order valence-electron chi connectivity index (χ1n) is 11.8. The monoisotopic (exact) mass is 535 g/mol. The summed E-state index contributed by atoms with van der Waals surface area (Å²) in [5.74, 6) is 1.79. The molecule has 1 saturated carbocycles. The van der Waals surface area contributed by atoms with Crippen LogP contribution in [0.4, 0.5) is 11.4 Å². The average molecular weight is 536 g/mol. The standard InChI is InChI=1S/C12H20N2.C12H10N2.Cu.H2O4S/c2*1-3-9-5-6-10-4-2-8-14-12(10)11(9)13-7-1;;1-5(2,3)4/h9-12H,1-8H2;1-6H,7-8H2;;(H2,1,2,3,4)/q2*-2;+2;. The third-order valence-electron chi connectivity index (χ3n) is 6.89. The van der Waals surface area contributed by atoms with Crippen molar-refractivity contribution in [1.29, 1.82) is 0 Å². The summed E-state index contributed by atoms with van der Waals surface area (Å²) in [7, 11) is -4.67. The Bertz CT molecular complexity index is 914. The SMILES string of the molecule is C1=Cc2ccc3c(c2[N-]C1)[N-]CC=C3.C1C[N-]C2C(C1)CCC1CCC[N-]C12.O=S(=O)(O)O.[Cu+2]. The molecule has 5 aliphatic rings. The second-order valence-electron chi connectivity index (χ2n) is 9.05. The Morgan fingerprint density at radius 3 is 1.56 bits per heavy atom. The summed E-state index contributed by atoms with van der Waals surface area (Å²) in [4.78, 5) is 0. The van der Waals surface area contributed by atoms with Gasteiger partial charge in [0.15, 0.2) is 0 Å². The van der Waals surface area contributed by atoms with Crippen LogP contribution in [0.3, 0.4) is 0 Å². The molecule has 3 fully saturated rings. The zero-order chi connectivity index (χ0) is 23.3. The molecule has 10 heteroatoms. The molecule has 4 unspecified atom stereocenters. The van der Waals surface area contributed by atoms with Gasteiger partial charge in [-0.25, -0.2) is 0 Å². The van der Waals surface area contributed by atoms with Gasteiger partial charge >= 0.3 is 27.5 Å². The van der Waals surface area contributed by atoms with Gasteiger partial charge in [0.05, 0.1) is 0 Å². The Hall–Kier alpha value is -1.39. The average Bonchev–Trinajstić information content (AvgIpc) is 2.83. The van der Waals surface area contributed by atoms with Crippen LogP contribution < -0.4 is 0 Å². The minimum absolute atomic E-state index is 0. The maximum atomic E-state index is 8.74. The molecule has 1 aliphatic carbocycles. The smallest absolute Gasteiger partial charge is 0.682 e. The Morgan fingerprint density at radius 2 is 1.15 bits per heavy atom. The van der Waals surface area contributed by atoms with E-state index in [1.54, 1.807) is 0 Å². The number of hydrogen-bond acceptors (Lipinski definition) is 2. The van der Waals surface area contributed by atoms with E-state index < -0.39 is 10.4 Å². The number of piperidine rings is 2. The maximum Gasteiger partial charge on any atom is 2.00 e. The molecular weight excluding hydrogens is 504 g/mol. The molecule has 8 nitrogen and oxygen atoms in total. The molecule has 1 aromatic rings. The van der Waals surface area contributed by atoms with Crippen LogP contribution in [0.15, 0.2) is 24.3 Å². The summed E-state index contributed by atoms with van der Waals surface area (Å²) in [6.45, 7) is 3.78. The van der Waals surface area contributed by atoms with Crippen molar-refractivity contribution in [2.45, 2.75) is 50.6 Å². The Labute approximate surface area is 213 Å². The molecule has 34 heavy (non-hydrogen) atoms. The number of hydrogen-bond donors (Lipinski definition) is 2. The van der Waals surface area contributed by atoms with Crippen LogP contribution in [0.2, 0.25) is 0 Å². The van der Waals surface area contributed by atoms with Gasteiger partial charge in [-0.05, 0) is 11.1 Å². The van der Waals surface area contributed by atoms with E-state index in [4.69, 9.17) is 28.2 Å². The molecule has 2 N–H and O–H groups in total. The molecule has 0 bridgehead atoms. The van der Waals surface area contributed by atoms with E-state index in [1.165, 1.54) is 49.7 Å². The Balaban J connectivity index is 0.000000156. The number of fused-ring (bicyclic) bond motifs is 6. The molecule has 2 saturated heterocycles. The van der Waals surface area contributed by atoms with Crippen molar-refractivity contribution in [3.63, 3.8) is 0 Å². The summed E-state index contributed by atoms with van der Waals surface area (Å²) in [6.07, 6.45) is 16.8. The molecule has 191 valence electrons. The van der Waals surface area contributed by atoms with Crippen LogP contribution in [0.25, 0.3) is 33.4 Å². The van der Waals surface area contributed by atoms with Crippen molar-refractivity contribution in [3.8, 4) is 0 Å².